The zero-order valence-electron chi connectivity index (χ0n) is 13.1. The highest BCUT2D eigenvalue weighted by Crippen LogP contribution is 2.29. The largest absolute Gasteiger partial charge is 0.446 e. The van der Waals surface area contributed by atoms with Gasteiger partial charge in [0.05, 0.1) is 0 Å². The highest BCUT2D eigenvalue weighted by Gasteiger charge is 2.62. The summed E-state index contributed by atoms with van der Waals surface area (Å²) in [6, 6.07) is 0. The fourth-order valence-electron chi connectivity index (χ4n) is 1.07. The van der Waals surface area contributed by atoms with Crippen LogP contribution in [0.4, 0.5) is 0 Å². The number of carbonyl (C=O) groups excluding carboxylic acids is 3. The smallest absolute Gasteiger partial charge is 0.418 e. The molecule has 0 spiro atoms. The molecule has 0 aliphatic carbocycles. The molecule has 0 saturated carbocycles. The standard InChI is InChI=1S/C12H20O12/c1-5(14)8(17)22-11(20,4-13)12(21,23-9(18)6(2)15)24-10(19)7(3)16/h5-7,13-16,20-21H,4H2,1-3H3. The molecule has 0 aliphatic rings. The van der Waals surface area contributed by atoms with Crippen LogP contribution in [0.2, 0.25) is 0 Å². The molecule has 24 heavy (non-hydrogen) atoms. The van der Waals surface area contributed by atoms with Crippen LogP contribution in [0.1, 0.15) is 20.8 Å². The first-order valence-corrected chi connectivity index (χ1v) is 6.58. The van der Waals surface area contributed by atoms with Gasteiger partial charge in [-0.1, -0.05) is 0 Å². The molecule has 4 atom stereocenters. The van der Waals surface area contributed by atoms with Crippen LogP contribution in [0, 0.1) is 0 Å². The third-order valence-electron chi connectivity index (χ3n) is 2.48. The van der Waals surface area contributed by atoms with Crippen molar-refractivity contribution in [1.29, 1.82) is 0 Å². The second-order valence-electron chi connectivity index (χ2n) is 4.82. The zero-order chi connectivity index (χ0) is 19.3. The van der Waals surface area contributed by atoms with Gasteiger partial charge >= 0.3 is 29.7 Å². The summed E-state index contributed by atoms with van der Waals surface area (Å²) in [6.45, 7) is 1.02. The minimum absolute atomic E-state index is 0.888. The third-order valence-corrected chi connectivity index (χ3v) is 2.48. The SMILES string of the molecule is CC(O)C(=O)OC(O)(CO)C(O)(OC(=O)C(C)O)OC(=O)C(C)O. The molecule has 12 heteroatoms. The number of hydrogen-bond donors (Lipinski definition) is 6. The fourth-order valence-corrected chi connectivity index (χ4v) is 1.07. The highest BCUT2D eigenvalue weighted by molar-refractivity contribution is 5.77. The van der Waals surface area contributed by atoms with Gasteiger partial charge in [0, 0.05) is 0 Å². The summed E-state index contributed by atoms with van der Waals surface area (Å²) in [5.74, 6) is -12.3. The van der Waals surface area contributed by atoms with Gasteiger partial charge in [-0.3, -0.25) is 0 Å². The van der Waals surface area contributed by atoms with Crippen molar-refractivity contribution in [2.75, 3.05) is 6.61 Å². The Kier molecular flexibility index (Phi) is 7.69. The van der Waals surface area contributed by atoms with Gasteiger partial charge in [-0.2, -0.15) is 0 Å². The maximum absolute atomic E-state index is 11.4. The zero-order valence-corrected chi connectivity index (χ0v) is 13.1. The number of hydrogen-bond acceptors (Lipinski definition) is 12. The van der Waals surface area contributed by atoms with E-state index in [1.54, 1.807) is 0 Å². The van der Waals surface area contributed by atoms with Gasteiger partial charge in [-0.05, 0) is 20.8 Å². The molecule has 12 nitrogen and oxygen atoms in total. The first-order chi connectivity index (χ1) is 10.8. The minimum atomic E-state index is -3.84. The van der Waals surface area contributed by atoms with E-state index in [0.717, 1.165) is 20.8 Å². The van der Waals surface area contributed by atoms with Gasteiger partial charge in [0.15, 0.2) is 0 Å². The summed E-state index contributed by atoms with van der Waals surface area (Å²) in [7, 11) is 0. The van der Waals surface area contributed by atoms with Gasteiger partial charge in [0.1, 0.15) is 24.9 Å². The normalized spacial score (nSPS) is 19.9. The Hall–Kier alpha value is -1.83. The number of ether oxygens (including phenoxy) is 3. The highest BCUT2D eigenvalue weighted by atomic mass is 16.9. The average Bonchev–Trinajstić information content (AvgIpc) is 2.45. The van der Waals surface area contributed by atoms with Gasteiger partial charge < -0.3 is 44.8 Å². The number of aliphatic hydroxyl groups is 6. The monoisotopic (exact) mass is 356 g/mol. The van der Waals surface area contributed by atoms with Gasteiger partial charge in [0.2, 0.25) is 0 Å². The van der Waals surface area contributed by atoms with E-state index in [4.69, 9.17) is 15.3 Å². The molecule has 0 aromatic rings. The summed E-state index contributed by atoms with van der Waals surface area (Å²) in [6.07, 6.45) is -5.60. The number of esters is 3. The van der Waals surface area contributed by atoms with Crippen LogP contribution in [-0.4, -0.2) is 85.2 Å². The molecule has 0 aromatic heterocycles. The average molecular weight is 356 g/mol. The molecule has 140 valence electrons. The summed E-state index contributed by atoms with van der Waals surface area (Å²) in [5, 5.41) is 56.5. The van der Waals surface area contributed by atoms with Crippen molar-refractivity contribution < 1.29 is 59.2 Å². The van der Waals surface area contributed by atoms with Crippen LogP contribution in [0.25, 0.3) is 0 Å². The van der Waals surface area contributed by atoms with E-state index in [-0.39, 0.29) is 0 Å². The molecule has 6 N–H and O–H groups in total. The molecule has 0 radical (unpaired) electrons. The Labute approximate surface area is 135 Å². The van der Waals surface area contributed by atoms with Gasteiger partial charge in [-0.25, -0.2) is 14.4 Å². The van der Waals surface area contributed by atoms with Crippen LogP contribution in [0.5, 0.6) is 0 Å². The number of carbonyl (C=O) groups is 3. The topological polar surface area (TPSA) is 200 Å². The van der Waals surface area contributed by atoms with Crippen molar-refractivity contribution in [2.24, 2.45) is 0 Å². The predicted octanol–water partition coefficient (Wildman–Crippen LogP) is -3.91. The lowest BCUT2D eigenvalue weighted by Crippen LogP contribution is -2.65. The maximum Gasteiger partial charge on any atom is 0.446 e. The molecule has 0 heterocycles. The lowest BCUT2D eigenvalue weighted by molar-refractivity contribution is -0.450. The summed E-state index contributed by atoms with van der Waals surface area (Å²) in [4.78, 5) is 34.2. The van der Waals surface area contributed by atoms with E-state index in [2.05, 4.69) is 14.2 Å². The lowest BCUT2D eigenvalue weighted by Gasteiger charge is -2.38. The summed E-state index contributed by atoms with van der Waals surface area (Å²) < 4.78 is 12.6. The van der Waals surface area contributed by atoms with Crippen LogP contribution < -0.4 is 0 Å². The molecular weight excluding hydrogens is 336 g/mol. The third kappa shape index (κ3) is 5.36. The Balaban J connectivity index is 5.80. The van der Waals surface area contributed by atoms with Crippen molar-refractivity contribution in [2.45, 2.75) is 50.8 Å². The molecule has 0 bridgehead atoms. The second kappa shape index (κ2) is 8.32. The van der Waals surface area contributed by atoms with E-state index in [1.807, 2.05) is 0 Å². The van der Waals surface area contributed by atoms with Crippen molar-refractivity contribution >= 4 is 17.9 Å². The first-order valence-electron chi connectivity index (χ1n) is 6.58. The molecule has 0 aromatic carbocycles. The molecule has 0 amide bonds. The molecule has 0 aliphatic heterocycles. The Morgan fingerprint density at radius 1 is 0.792 bits per heavy atom. The summed E-state index contributed by atoms with van der Waals surface area (Å²) in [5.41, 5.74) is 0. The first kappa shape index (κ1) is 22.2. The van der Waals surface area contributed by atoms with Gasteiger partial charge in [0.25, 0.3) is 0 Å². The molecule has 0 rings (SSSR count). The van der Waals surface area contributed by atoms with E-state index in [0.29, 0.717) is 0 Å². The van der Waals surface area contributed by atoms with Crippen molar-refractivity contribution in [3.63, 3.8) is 0 Å². The molecule has 4 unspecified atom stereocenters. The van der Waals surface area contributed by atoms with E-state index in [9.17, 15) is 29.7 Å². The Morgan fingerprint density at radius 2 is 1.08 bits per heavy atom. The van der Waals surface area contributed by atoms with E-state index in [1.165, 1.54) is 0 Å². The number of aliphatic hydroxyl groups excluding tert-OH is 4. The quantitative estimate of drug-likeness (QED) is 0.182. The van der Waals surface area contributed by atoms with E-state index >= 15 is 0 Å². The molecular formula is C12H20O12. The predicted molar refractivity (Wildman–Crippen MR) is 70.3 cm³/mol. The second-order valence-corrected chi connectivity index (χ2v) is 4.82. The minimum Gasteiger partial charge on any atom is -0.418 e. The van der Waals surface area contributed by atoms with Crippen LogP contribution >= 0.6 is 0 Å². The molecule has 0 saturated heterocycles. The Morgan fingerprint density at radius 3 is 1.33 bits per heavy atom. The summed E-state index contributed by atoms with van der Waals surface area (Å²) >= 11 is 0. The van der Waals surface area contributed by atoms with E-state index < -0.39 is 54.6 Å². The van der Waals surface area contributed by atoms with Gasteiger partial charge in [-0.15, -0.1) is 0 Å². The number of rotatable bonds is 8. The Bertz CT molecular complexity index is 449. The van der Waals surface area contributed by atoms with Crippen LogP contribution in [-0.2, 0) is 28.6 Å². The van der Waals surface area contributed by atoms with Crippen molar-refractivity contribution in [3.05, 3.63) is 0 Å². The lowest BCUT2D eigenvalue weighted by atomic mass is 10.2. The van der Waals surface area contributed by atoms with Crippen LogP contribution in [0.15, 0.2) is 0 Å². The van der Waals surface area contributed by atoms with Crippen molar-refractivity contribution in [3.8, 4) is 0 Å². The van der Waals surface area contributed by atoms with Crippen LogP contribution in [0.3, 0.4) is 0 Å². The maximum atomic E-state index is 11.4. The fraction of sp³-hybridized carbons (Fsp3) is 0.750. The molecule has 0 fully saturated rings. The van der Waals surface area contributed by atoms with Crippen molar-refractivity contribution in [1.82, 2.24) is 0 Å².